The van der Waals surface area contributed by atoms with Gasteiger partial charge < -0.3 is 14.7 Å². The largest absolute Gasteiger partial charge is 0.396 e. The Morgan fingerprint density at radius 2 is 0.559 bits per heavy atom. The minimum Gasteiger partial charge on any atom is -0.396 e. The Bertz CT molecular complexity index is 388. The minimum absolute atomic E-state index is 0.363. The maximum absolute atomic E-state index is 10.6. The zero-order chi connectivity index (χ0) is 24.8. The summed E-state index contributed by atoms with van der Waals surface area (Å²) in [6.45, 7) is 0.363. The van der Waals surface area contributed by atoms with Crippen molar-refractivity contribution in [2.24, 2.45) is 5.92 Å². The van der Waals surface area contributed by atoms with Crippen LogP contribution in [0.1, 0.15) is 173 Å². The van der Waals surface area contributed by atoms with Gasteiger partial charge in [0.25, 0.3) is 0 Å². The van der Waals surface area contributed by atoms with E-state index in [1.165, 1.54) is 148 Å². The molecule has 0 saturated heterocycles. The number of rotatable bonds is 30. The van der Waals surface area contributed by atoms with E-state index in [9.17, 15) is 9.59 Å². The summed E-state index contributed by atoms with van der Waals surface area (Å²) in [5, 5.41) is 8.76. The molecule has 0 radical (unpaired) electrons. The van der Waals surface area contributed by atoms with Crippen LogP contribution in [-0.2, 0) is 9.59 Å². The molecule has 0 aliphatic heterocycles. The van der Waals surface area contributed by atoms with Gasteiger partial charge in [-0.25, -0.2) is 0 Å². The van der Waals surface area contributed by atoms with Crippen LogP contribution in [0.3, 0.4) is 0 Å². The molecule has 0 unspecified atom stereocenters. The van der Waals surface area contributed by atoms with Crippen molar-refractivity contribution in [3.8, 4) is 0 Å². The van der Waals surface area contributed by atoms with Crippen molar-refractivity contribution >= 4 is 12.6 Å². The quantitative estimate of drug-likeness (QED) is 0.0632. The van der Waals surface area contributed by atoms with E-state index >= 15 is 0 Å². The topological polar surface area (TPSA) is 54.4 Å². The molecule has 0 aliphatic rings. The number of hydrogen-bond donors (Lipinski definition) is 1. The first kappa shape index (κ1) is 33.3. The van der Waals surface area contributed by atoms with Gasteiger partial charge in [0.2, 0.25) is 0 Å². The fraction of sp³-hybridized carbons (Fsp3) is 0.935. The molecular formula is C31H60O3. The average Bonchev–Trinajstić information content (AvgIpc) is 2.86. The van der Waals surface area contributed by atoms with E-state index in [1.807, 2.05) is 0 Å². The van der Waals surface area contributed by atoms with E-state index in [1.54, 1.807) is 0 Å². The number of aldehydes is 2. The van der Waals surface area contributed by atoms with Crippen molar-refractivity contribution in [2.75, 3.05) is 6.61 Å². The van der Waals surface area contributed by atoms with Crippen LogP contribution in [0.5, 0.6) is 0 Å². The summed E-state index contributed by atoms with van der Waals surface area (Å²) in [6.07, 6.45) is 37.4. The molecule has 0 aromatic heterocycles. The first-order valence-electron chi connectivity index (χ1n) is 15.4. The van der Waals surface area contributed by atoms with Gasteiger partial charge in [0, 0.05) is 6.61 Å². The molecule has 0 amide bonds. The second-order valence-corrected chi connectivity index (χ2v) is 10.6. The molecule has 0 rings (SSSR count). The zero-order valence-corrected chi connectivity index (χ0v) is 22.8. The van der Waals surface area contributed by atoms with Crippen molar-refractivity contribution in [1.82, 2.24) is 0 Å². The Morgan fingerprint density at radius 1 is 0.353 bits per heavy atom. The Hall–Kier alpha value is -0.700. The van der Waals surface area contributed by atoms with Crippen LogP contribution in [0.2, 0.25) is 0 Å². The fourth-order valence-electron chi connectivity index (χ4n) is 4.90. The third kappa shape index (κ3) is 27.5. The van der Waals surface area contributed by atoms with Crippen molar-refractivity contribution in [2.45, 2.75) is 173 Å². The second kappa shape index (κ2) is 30.3. The normalized spacial score (nSPS) is 11.4. The van der Waals surface area contributed by atoms with Crippen LogP contribution < -0.4 is 0 Å². The number of unbranched alkanes of at least 4 members (excludes halogenated alkanes) is 25. The van der Waals surface area contributed by atoms with Gasteiger partial charge in [-0.15, -0.1) is 0 Å². The molecule has 202 valence electrons. The molecule has 0 aromatic carbocycles. The molecule has 34 heavy (non-hydrogen) atoms. The third-order valence-corrected chi connectivity index (χ3v) is 7.30. The van der Waals surface area contributed by atoms with E-state index in [2.05, 4.69) is 0 Å². The second-order valence-electron chi connectivity index (χ2n) is 10.6. The predicted octanol–water partition coefficient (Wildman–Crippen LogP) is 9.53. The molecule has 0 aliphatic carbocycles. The smallest absolute Gasteiger partial charge is 0.130 e. The highest BCUT2D eigenvalue weighted by molar-refractivity contribution is 5.77. The summed E-state index contributed by atoms with van der Waals surface area (Å²) >= 11 is 0. The molecular weight excluding hydrogens is 420 g/mol. The van der Waals surface area contributed by atoms with E-state index in [-0.39, 0.29) is 5.92 Å². The first-order valence-corrected chi connectivity index (χ1v) is 15.4. The predicted molar refractivity (Wildman–Crippen MR) is 147 cm³/mol. The molecule has 0 bridgehead atoms. The Morgan fingerprint density at radius 3 is 0.765 bits per heavy atom. The van der Waals surface area contributed by atoms with E-state index < -0.39 is 0 Å². The van der Waals surface area contributed by atoms with Gasteiger partial charge in [0.15, 0.2) is 0 Å². The molecule has 0 saturated carbocycles. The Labute approximate surface area is 213 Å². The molecule has 0 spiro atoms. The zero-order valence-electron chi connectivity index (χ0n) is 22.8. The number of carbonyl (C=O) groups is 2. The van der Waals surface area contributed by atoms with Gasteiger partial charge in [0.05, 0.1) is 5.92 Å². The SMILES string of the molecule is O=CC(C=O)CCCCCCCCCCCCCCCCCCCCCCCCCCCCO. The van der Waals surface area contributed by atoms with Crippen LogP contribution in [-0.4, -0.2) is 24.3 Å². The number of aliphatic hydroxyl groups excluding tert-OH is 1. The molecule has 0 heterocycles. The molecule has 1 N–H and O–H groups in total. The van der Waals surface area contributed by atoms with Gasteiger partial charge in [-0.2, -0.15) is 0 Å². The molecule has 0 fully saturated rings. The van der Waals surface area contributed by atoms with Gasteiger partial charge in [0.1, 0.15) is 12.6 Å². The molecule has 0 atom stereocenters. The highest BCUT2D eigenvalue weighted by Gasteiger charge is 2.04. The number of carbonyl (C=O) groups excluding carboxylic acids is 2. The standard InChI is InChI=1S/C31H60O3/c32-28-26-24-22-20-18-16-14-12-10-8-6-4-2-1-3-5-7-9-11-13-15-17-19-21-23-25-27-31(29-33)30-34/h29-32H,1-28H2. The van der Waals surface area contributed by atoms with E-state index in [4.69, 9.17) is 5.11 Å². The van der Waals surface area contributed by atoms with Crippen LogP contribution >= 0.6 is 0 Å². The number of aliphatic hydroxyl groups is 1. The minimum atomic E-state index is -0.366. The summed E-state index contributed by atoms with van der Waals surface area (Å²) in [4.78, 5) is 21.2. The maximum atomic E-state index is 10.6. The van der Waals surface area contributed by atoms with Gasteiger partial charge in [-0.05, 0) is 12.8 Å². The van der Waals surface area contributed by atoms with Crippen LogP contribution in [0, 0.1) is 5.92 Å². The van der Waals surface area contributed by atoms with Crippen molar-refractivity contribution < 1.29 is 14.7 Å². The summed E-state index contributed by atoms with van der Waals surface area (Å²) in [5.74, 6) is -0.366. The molecule has 3 heteroatoms. The average molecular weight is 481 g/mol. The summed E-state index contributed by atoms with van der Waals surface area (Å²) in [6, 6.07) is 0. The lowest BCUT2D eigenvalue weighted by molar-refractivity contribution is -0.119. The van der Waals surface area contributed by atoms with Gasteiger partial charge in [-0.1, -0.05) is 161 Å². The van der Waals surface area contributed by atoms with Crippen LogP contribution in [0.25, 0.3) is 0 Å². The molecule has 0 aromatic rings. The van der Waals surface area contributed by atoms with Crippen molar-refractivity contribution in [1.29, 1.82) is 0 Å². The summed E-state index contributed by atoms with van der Waals surface area (Å²) in [5.41, 5.74) is 0. The van der Waals surface area contributed by atoms with E-state index in [0.717, 1.165) is 38.3 Å². The van der Waals surface area contributed by atoms with Crippen LogP contribution in [0.4, 0.5) is 0 Å². The molecule has 3 nitrogen and oxygen atoms in total. The van der Waals surface area contributed by atoms with Crippen molar-refractivity contribution in [3.05, 3.63) is 0 Å². The van der Waals surface area contributed by atoms with Crippen LogP contribution in [0.15, 0.2) is 0 Å². The lowest BCUT2D eigenvalue weighted by atomic mass is 10.0. The Kier molecular flexibility index (Phi) is 29.7. The lowest BCUT2D eigenvalue weighted by Crippen LogP contribution is -2.02. The number of hydrogen-bond acceptors (Lipinski definition) is 3. The Balaban J connectivity index is 3.05. The van der Waals surface area contributed by atoms with Gasteiger partial charge >= 0.3 is 0 Å². The lowest BCUT2D eigenvalue weighted by Gasteiger charge is -2.05. The third-order valence-electron chi connectivity index (χ3n) is 7.30. The summed E-state index contributed by atoms with van der Waals surface area (Å²) < 4.78 is 0. The first-order chi connectivity index (χ1) is 16.8. The summed E-state index contributed by atoms with van der Waals surface area (Å²) in [7, 11) is 0. The van der Waals surface area contributed by atoms with Crippen molar-refractivity contribution in [3.63, 3.8) is 0 Å². The monoisotopic (exact) mass is 480 g/mol. The maximum Gasteiger partial charge on any atom is 0.130 e. The highest BCUT2D eigenvalue weighted by atomic mass is 16.2. The highest BCUT2D eigenvalue weighted by Crippen LogP contribution is 2.16. The van der Waals surface area contributed by atoms with E-state index in [0.29, 0.717) is 6.61 Å². The fourth-order valence-corrected chi connectivity index (χ4v) is 4.90. The van der Waals surface area contributed by atoms with Gasteiger partial charge in [-0.3, -0.25) is 0 Å².